The fourth-order valence-electron chi connectivity index (χ4n) is 1.68. The predicted octanol–water partition coefficient (Wildman–Crippen LogP) is 3.07. The minimum absolute atomic E-state index is 0.737. The summed E-state index contributed by atoms with van der Waals surface area (Å²) in [6.07, 6.45) is 0.998. The Morgan fingerprint density at radius 2 is 1.78 bits per heavy atom. The molecule has 0 atom stereocenters. The van der Waals surface area contributed by atoms with Gasteiger partial charge in [-0.05, 0) is 50.1 Å². The Morgan fingerprint density at radius 3 is 2.39 bits per heavy atom. The third kappa shape index (κ3) is 5.38. The van der Waals surface area contributed by atoms with Gasteiger partial charge in [-0.2, -0.15) is 0 Å². The largest absolute Gasteiger partial charge is 0.494 e. The average molecular weight is 316 g/mol. The van der Waals surface area contributed by atoms with Gasteiger partial charge in [-0.25, -0.2) is 0 Å². The topological polar surface area (TPSA) is 30.5 Å². The summed E-state index contributed by atoms with van der Waals surface area (Å²) in [7, 11) is 1.71. The van der Waals surface area contributed by atoms with Crippen molar-refractivity contribution in [3.05, 3.63) is 27.7 Å². The third-order valence-corrected chi connectivity index (χ3v) is 3.91. The van der Waals surface area contributed by atoms with Gasteiger partial charge in [0.15, 0.2) is 0 Å². The molecule has 18 heavy (non-hydrogen) atoms. The second-order valence-corrected chi connectivity index (χ2v) is 5.11. The van der Waals surface area contributed by atoms with E-state index < -0.39 is 0 Å². The van der Waals surface area contributed by atoms with Crippen molar-refractivity contribution in [1.29, 1.82) is 0 Å². The molecular formula is C14H22BrNO2. The maximum atomic E-state index is 5.74. The molecule has 0 aliphatic heterocycles. The van der Waals surface area contributed by atoms with Crippen molar-refractivity contribution in [2.75, 3.05) is 33.4 Å². The van der Waals surface area contributed by atoms with E-state index in [1.54, 1.807) is 7.11 Å². The molecule has 0 amide bonds. The van der Waals surface area contributed by atoms with Crippen LogP contribution in [0.4, 0.5) is 0 Å². The van der Waals surface area contributed by atoms with E-state index >= 15 is 0 Å². The maximum Gasteiger partial charge on any atom is 0.119 e. The van der Waals surface area contributed by atoms with Crippen LogP contribution >= 0.6 is 15.9 Å². The lowest BCUT2D eigenvalue weighted by atomic mass is 10.1. The van der Waals surface area contributed by atoms with Gasteiger partial charge in [0.2, 0.25) is 0 Å². The highest BCUT2D eigenvalue weighted by molar-refractivity contribution is 9.10. The fraction of sp³-hybridized carbons (Fsp3) is 0.571. The van der Waals surface area contributed by atoms with Crippen LogP contribution < -0.4 is 10.1 Å². The molecule has 0 aliphatic carbocycles. The zero-order chi connectivity index (χ0) is 13.4. The molecule has 1 aromatic carbocycles. The smallest absolute Gasteiger partial charge is 0.119 e. The van der Waals surface area contributed by atoms with Gasteiger partial charge in [0.05, 0.1) is 13.2 Å². The van der Waals surface area contributed by atoms with Gasteiger partial charge < -0.3 is 14.8 Å². The zero-order valence-electron chi connectivity index (χ0n) is 11.4. The van der Waals surface area contributed by atoms with Crippen molar-refractivity contribution in [1.82, 2.24) is 5.32 Å². The first-order chi connectivity index (χ1) is 8.65. The van der Waals surface area contributed by atoms with Gasteiger partial charge in [-0.3, -0.25) is 0 Å². The zero-order valence-corrected chi connectivity index (χ0v) is 13.0. The molecule has 1 aromatic rings. The van der Waals surface area contributed by atoms with Gasteiger partial charge in [0.25, 0.3) is 0 Å². The van der Waals surface area contributed by atoms with Gasteiger partial charge in [0.1, 0.15) is 5.75 Å². The highest BCUT2D eigenvalue weighted by atomic mass is 79.9. The summed E-state index contributed by atoms with van der Waals surface area (Å²) in [6, 6.07) is 4.13. The Balaban J connectivity index is 2.23. The van der Waals surface area contributed by atoms with Crippen molar-refractivity contribution in [2.45, 2.75) is 20.3 Å². The average Bonchev–Trinajstić information content (AvgIpc) is 2.34. The van der Waals surface area contributed by atoms with E-state index in [4.69, 9.17) is 9.47 Å². The molecule has 0 radical (unpaired) electrons. The first kappa shape index (κ1) is 15.5. The molecule has 4 heteroatoms. The van der Waals surface area contributed by atoms with Crippen LogP contribution in [0.3, 0.4) is 0 Å². The number of ether oxygens (including phenoxy) is 2. The van der Waals surface area contributed by atoms with Crippen molar-refractivity contribution < 1.29 is 9.47 Å². The molecule has 0 heterocycles. The summed E-state index contributed by atoms with van der Waals surface area (Å²) in [5, 5.41) is 3.29. The van der Waals surface area contributed by atoms with Gasteiger partial charge in [-0.1, -0.05) is 15.9 Å². The van der Waals surface area contributed by atoms with E-state index in [1.807, 2.05) is 0 Å². The molecule has 0 saturated heterocycles. The monoisotopic (exact) mass is 315 g/mol. The number of aryl methyl sites for hydroxylation is 2. The van der Waals surface area contributed by atoms with Crippen LogP contribution in [-0.4, -0.2) is 33.4 Å². The molecule has 0 aromatic heterocycles. The number of hydrogen-bond donors (Lipinski definition) is 1. The van der Waals surface area contributed by atoms with Crippen LogP contribution in [-0.2, 0) is 4.74 Å². The Labute approximate surface area is 118 Å². The van der Waals surface area contributed by atoms with Crippen LogP contribution in [0.25, 0.3) is 0 Å². The highest BCUT2D eigenvalue weighted by Crippen LogP contribution is 2.26. The Morgan fingerprint density at radius 1 is 1.11 bits per heavy atom. The quantitative estimate of drug-likeness (QED) is 0.748. The standard InChI is InChI=1S/C14H22BrNO2/c1-11-9-13(10-12(2)14(11)15)18-7-4-5-16-6-8-17-3/h9-10,16H,4-8H2,1-3H3. The molecule has 0 aliphatic rings. The Kier molecular flexibility index (Phi) is 7.32. The molecule has 0 spiro atoms. The van der Waals surface area contributed by atoms with Crippen LogP contribution in [0.5, 0.6) is 5.75 Å². The van der Waals surface area contributed by atoms with Crippen LogP contribution in [0, 0.1) is 13.8 Å². The molecule has 1 N–H and O–H groups in total. The summed E-state index contributed by atoms with van der Waals surface area (Å²) < 4.78 is 11.9. The number of methoxy groups -OCH3 is 1. The molecule has 0 bridgehead atoms. The first-order valence-electron chi connectivity index (χ1n) is 6.24. The first-order valence-corrected chi connectivity index (χ1v) is 7.03. The highest BCUT2D eigenvalue weighted by Gasteiger charge is 2.02. The van der Waals surface area contributed by atoms with Crippen LogP contribution in [0.15, 0.2) is 16.6 Å². The number of hydrogen-bond acceptors (Lipinski definition) is 3. The molecule has 0 saturated carbocycles. The normalized spacial score (nSPS) is 10.7. The van der Waals surface area contributed by atoms with Gasteiger partial charge >= 0.3 is 0 Å². The second-order valence-electron chi connectivity index (χ2n) is 4.32. The maximum absolute atomic E-state index is 5.74. The van der Waals surface area contributed by atoms with Gasteiger partial charge in [-0.15, -0.1) is 0 Å². The SMILES string of the molecule is COCCNCCCOc1cc(C)c(Br)c(C)c1. The molecule has 102 valence electrons. The summed E-state index contributed by atoms with van der Waals surface area (Å²) in [5.74, 6) is 0.949. The summed E-state index contributed by atoms with van der Waals surface area (Å²) in [6.45, 7) is 7.50. The predicted molar refractivity (Wildman–Crippen MR) is 78.5 cm³/mol. The van der Waals surface area contributed by atoms with E-state index in [0.29, 0.717) is 0 Å². The van der Waals surface area contributed by atoms with E-state index in [-0.39, 0.29) is 0 Å². The van der Waals surface area contributed by atoms with Crippen LogP contribution in [0.2, 0.25) is 0 Å². The third-order valence-electron chi connectivity index (χ3n) is 2.66. The van der Waals surface area contributed by atoms with Crippen molar-refractivity contribution in [3.63, 3.8) is 0 Å². The summed E-state index contributed by atoms with van der Waals surface area (Å²) in [4.78, 5) is 0. The lowest BCUT2D eigenvalue weighted by Crippen LogP contribution is -2.21. The summed E-state index contributed by atoms with van der Waals surface area (Å²) in [5.41, 5.74) is 2.42. The number of rotatable bonds is 8. The molecule has 0 fully saturated rings. The van der Waals surface area contributed by atoms with E-state index in [0.717, 1.165) is 42.9 Å². The Bertz CT molecular complexity index is 346. The number of nitrogens with one attached hydrogen (secondary N) is 1. The molecule has 1 rings (SSSR count). The van der Waals surface area contributed by atoms with Crippen molar-refractivity contribution in [2.24, 2.45) is 0 Å². The van der Waals surface area contributed by atoms with E-state index in [9.17, 15) is 0 Å². The van der Waals surface area contributed by atoms with E-state index in [2.05, 4.69) is 47.2 Å². The minimum atomic E-state index is 0.737. The lowest BCUT2D eigenvalue weighted by molar-refractivity contribution is 0.198. The molecular weight excluding hydrogens is 294 g/mol. The van der Waals surface area contributed by atoms with Gasteiger partial charge in [0, 0.05) is 18.1 Å². The minimum Gasteiger partial charge on any atom is -0.494 e. The Hall–Kier alpha value is -0.580. The summed E-state index contributed by atoms with van der Waals surface area (Å²) >= 11 is 3.55. The van der Waals surface area contributed by atoms with Crippen LogP contribution in [0.1, 0.15) is 17.5 Å². The molecule has 0 unspecified atom stereocenters. The lowest BCUT2D eigenvalue weighted by Gasteiger charge is -2.10. The second kappa shape index (κ2) is 8.51. The fourth-order valence-corrected chi connectivity index (χ4v) is 1.90. The number of benzene rings is 1. The van der Waals surface area contributed by atoms with Crippen molar-refractivity contribution >= 4 is 15.9 Å². The molecule has 3 nitrogen and oxygen atoms in total. The van der Waals surface area contributed by atoms with E-state index in [1.165, 1.54) is 11.1 Å². The van der Waals surface area contributed by atoms with Crippen molar-refractivity contribution in [3.8, 4) is 5.75 Å². The number of halogens is 1.